The summed E-state index contributed by atoms with van der Waals surface area (Å²) in [7, 11) is 0. The molecule has 140 valence electrons. The zero-order chi connectivity index (χ0) is 18.6. The summed E-state index contributed by atoms with van der Waals surface area (Å²) in [5, 5.41) is 9.17. The van der Waals surface area contributed by atoms with Crippen molar-refractivity contribution < 1.29 is 5.11 Å². The van der Waals surface area contributed by atoms with Gasteiger partial charge in [-0.05, 0) is 50.4 Å². The highest BCUT2D eigenvalue weighted by atomic mass is 16.3. The van der Waals surface area contributed by atoms with Crippen LogP contribution in [0.5, 0.6) is 0 Å². The summed E-state index contributed by atoms with van der Waals surface area (Å²) in [6, 6.07) is 0. The van der Waals surface area contributed by atoms with Crippen molar-refractivity contribution in [3.05, 3.63) is 72.9 Å². The average molecular weight is 343 g/mol. The first-order valence-electron chi connectivity index (χ1n) is 9.63. The summed E-state index contributed by atoms with van der Waals surface area (Å²) in [5.41, 5.74) is -0.00163. The molecule has 0 heterocycles. The lowest BCUT2D eigenvalue weighted by atomic mass is 9.90. The van der Waals surface area contributed by atoms with Crippen LogP contribution < -0.4 is 0 Å². The number of aliphatic hydroxyl groups is 1. The fourth-order valence-electron chi connectivity index (χ4n) is 1.99. The van der Waals surface area contributed by atoms with Crippen LogP contribution in [0.1, 0.15) is 65.7 Å². The molecule has 1 heteroatoms. The molecule has 0 unspecified atom stereocenters. The third-order valence-corrected chi connectivity index (χ3v) is 3.69. The maximum Gasteiger partial charge on any atom is 0.0485 e. The van der Waals surface area contributed by atoms with Gasteiger partial charge in [0.2, 0.25) is 0 Å². The van der Waals surface area contributed by atoms with Gasteiger partial charge < -0.3 is 5.11 Å². The van der Waals surface area contributed by atoms with Gasteiger partial charge in [-0.3, -0.25) is 0 Å². The molecule has 0 bridgehead atoms. The summed E-state index contributed by atoms with van der Waals surface area (Å²) in [4.78, 5) is 0. The van der Waals surface area contributed by atoms with Gasteiger partial charge in [0, 0.05) is 6.61 Å². The van der Waals surface area contributed by atoms with Gasteiger partial charge in [0.05, 0.1) is 0 Å². The van der Waals surface area contributed by atoms with Crippen molar-refractivity contribution in [2.75, 3.05) is 6.61 Å². The van der Waals surface area contributed by atoms with E-state index in [4.69, 9.17) is 0 Å². The standard InChI is InChI=1S/C24H38O/c1-4-5-6-7-8-9-10-11-12-13-14-15-16-17-18-19-20-21-22-24(2,3)23-25/h5-6,8-9,11-12,14-15,17-18,20-21,25H,4,7,10,13,16,19,22-23H2,1-3H3/b6-5-,9-8-,12-11-,15-14-,18-17-,21-20-. The van der Waals surface area contributed by atoms with Crippen LogP contribution >= 0.6 is 0 Å². The second kappa shape index (κ2) is 17.2. The Balaban J connectivity index is 3.61. The van der Waals surface area contributed by atoms with E-state index >= 15 is 0 Å². The van der Waals surface area contributed by atoms with Gasteiger partial charge >= 0.3 is 0 Å². The van der Waals surface area contributed by atoms with E-state index in [0.29, 0.717) is 0 Å². The third kappa shape index (κ3) is 18.6. The minimum atomic E-state index is -0.00163. The van der Waals surface area contributed by atoms with E-state index in [9.17, 15) is 5.11 Å². The molecule has 0 amide bonds. The third-order valence-electron chi connectivity index (χ3n) is 3.69. The van der Waals surface area contributed by atoms with Crippen molar-refractivity contribution in [1.29, 1.82) is 0 Å². The molecule has 1 N–H and O–H groups in total. The first-order valence-corrected chi connectivity index (χ1v) is 9.63. The Morgan fingerprint density at radius 2 is 0.880 bits per heavy atom. The van der Waals surface area contributed by atoms with E-state index < -0.39 is 0 Å². The number of hydrogen-bond donors (Lipinski definition) is 1. The second-order valence-electron chi connectivity index (χ2n) is 6.94. The fourth-order valence-corrected chi connectivity index (χ4v) is 1.99. The Kier molecular flexibility index (Phi) is 16.1. The van der Waals surface area contributed by atoms with Crippen molar-refractivity contribution in [3.63, 3.8) is 0 Å². The Morgan fingerprint density at radius 1 is 0.560 bits per heavy atom. The van der Waals surface area contributed by atoms with E-state index in [0.717, 1.165) is 44.9 Å². The topological polar surface area (TPSA) is 20.2 Å². The molecule has 25 heavy (non-hydrogen) atoms. The van der Waals surface area contributed by atoms with Crippen LogP contribution in [0, 0.1) is 5.41 Å². The number of allylic oxidation sites excluding steroid dienone is 12. The highest BCUT2D eigenvalue weighted by Crippen LogP contribution is 2.19. The Bertz CT molecular complexity index is 458. The maximum atomic E-state index is 9.17. The molecule has 0 saturated heterocycles. The highest BCUT2D eigenvalue weighted by Gasteiger charge is 2.13. The molecule has 0 radical (unpaired) electrons. The predicted molar refractivity (Wildman–Crippen MR) is 114 cm³/mol. The summed E-state index contributed by atoms with van der Waals surface area (Å²) < 4.78 is 0. The fraction of sp³-hybridized carbons (Fsp3) is 0.500. The molecule has 0 rings (SSSR count). The quantitative estimate of drug-likeness (QED) is 0.334. The van der Waals surface area contributed by atoms with Crippen LogP contribution in [0.2, 0.25) is 0 Å². The van der Waals surface area contributed by atoms with Gasteiger partial charge in [-0.2, -0.15) is 0 Å². The molecule has 0 aliphatic rings. The normalized spacial score (nSPS) is 13.9. The Labute approximate surface area is 156 Å². The van der Waals surface area contributed by atoms with Crippen molar-refractivity contribution in [2.45, 2.75) is 65.7 Å². The monoisotopic (exact) mass is 342 g/mol. The van der Waals surface area contributed by atoms with Crippen LogP contribution in [-0.4, -0.2) is 11.7 Å². The molecular formula is C24H38O. The zero-order valence-corrected chi connectivity index (χ0v) is 16.5. The molecule has 0 aliphatic heterocycles. The maximum absolute atomic E-state index is 9.17. The first-order chi connectivity index (χ1) is 12.1. The van der Waals surface area contributed by atoms with Gasteiger partial charge in [-0.1, -0.05) is 93.7 Å². The molecule has 0 atom stereocenters. The second-order valence-corrected chi connectivity index (χ2v) is 6.94. The van der Waals surface area contributed by atoms with E-state index in [2.05, 4.69) is 93.7 Å². The molecule has 0 spiro atoms. The number of aliphatic hydroxyl groups excluding tert-OH is 1. The lowest BCUT2D eigenvalue weighted by Crippen LogP contribution is -2.14. The van der Waals surface area contributed by atoms with Crippen LogP contribution in [0.15, 0.2) is 72.9 Å². The van der Waals surface area contributed by atoms with E-state index in [1.807, 2.05) is 0 Å². The van der Waals surface area contributed by atoms with Crippen molar-refractivity contribution in [3.8, 4) is 0 Å². The summed E-state index contributed by atoms with van der Waals surface area (Å²) >= 11 is 0. The number of rotatable bonds is 14. The zero-order valence-electron chi connectivity index (χ0n) is 16.5. The van der Waals surface area contributed by atoms with Gasteiger partial charge in [0.25, 0.3) is 0 Å². The molecule has 0 aromatic rings. The van der Waals surface area contributed by atoms with Crippen LogP contribution in [0.3, 0.4) is 0 Å². The minimum absolute atomic E-state index is 0.00163. The van der Waals surface area contributed by atoms with Gasteiger partial charge in [0.1, 0.15) is 0 Å². The van der Waals surface area contributed by atoms with Crippen LogP contribution in [-0.2, 0) is 0 Å². The van der Waals surface area contributed by atoms with Gasteiger partial charge in [-0.25, -0.2) is 0 Å². The van der Waals surface area contributed by atoms with Crippen molar-refractivity contribution in [1.82, 2.24) is 0 Å². The molecular weight excluding hydrogens is 304 g/mol. The van der Waals surface area contributed by atoms with Crippen molar-refractivity contribution in [2.24, 2.45) is 5.41 Å². The van der Waals surface area contributed by atoms with Gasteiger partial charge in [0.15, 0.2) is 0 Å². The summed E-state index contributed by atoms with van der Waals surface area (Å²) in [5.74, 6) is 0. The number of hydrogen-bond acceptors (Lipinski definition) is 1. The average Bonchev–Trinajstić information content (AvgIpc) is 2.60. The van der Waals surface area contributed by atoms with Gasteiger partial charge in [-0.15, -0.1) is 0 Å². The molecule has 1 nitrogen and oxygen atoms in total. The summed E-state index contributed by atoms with van der Waals surface area (Å²) in [6.45, 7) is 6.55. The smallest absolute Gasteiger partial charge is 0.0485 e. The SMILES string of the molecule is CC/C=C\C/C=C\C/C=C\C/C=C\C/C=C\C/C=C\CC(C)(C)CO. The largest absolute Gasteiger partial charge is 0.396 e. The molecule has 0 aromatic carbocycles. The Hall–Kier alpha value is -1.60. The Morgan fingerprint density at radius 3 is 1.20 bits per heavy atom. The van der Waals surface area contributed by atoms with Crippen molar-refractivity contribution >= 4 is 0 Å². The highest BCUT2D eigenvalue weighted by molar-refractivity contribution is 5.01. The van der Waals surface area contributed by atoms with E-state index in [1.54, 1.807) is 0 Å². The summed E-state index contributed by atoms with van der Waals surface area (Å²) in [6.07, 6.45) is 33.5. The van der Waals surface area contributed by atoms with Crippen LogP contribution in [0.4, 0.5) is 0 Å². The molecule has 0 fully saturated rings. The molecule has 0 aliphatic carbocycles. The van der Waals surface area contributed by atoms with E-state index in [1.165, 1.54) is 0 Å². The first kappa shape index (κ1) is 23.4. The van der Waals surface area contributed by atoms with E-state index in [-0.39, 0.29) is 12.0 Å². The molecule has 0 aromatic heterocycles. The minimum Gasteiger partial charge on any atom is -0.396 e. The lowest BCUT2D eigenvalue weighted by Gasteiger charge is -2.18. The predicted octanol–water partition coefficient (Wildman–Crippen LogP) is 7.09. The van der Waals surface area contributed by atoms with Crippen LogP contribution in [0.25, 0.3) is 0 Å². The molecule has 0 saturated carbocycles. The lowest BCUT2D eigenvalue weighted by molar-refractivity contribution is 0.162.